The lowest BCUT2D eigenvalue weighted by atomic mass is 9.38. The lowest BCUT2D eigenvalue weighted by molar-refractivity contribution is -0.244. The van der Waals surface area contributed by atoms with Crippen LogP contribution >= 0.6 is 0 Å². The van der Waals surface area contributed by atoms with Gasteiger partial charge in [-0.2, -0.15) is 0 Å². The quantitative estimate of drug-likeness (QED) is 0.473. The molecule has 6 fully saturated rings. The van der Waals surface area contributed by atoms with Gasteiger partial charge in [-0.3, -0.25) is 14.4 Å². The Morgan fingerprint density at radius 3 is 2.03 bits per heavy atom. The number of carbonyl (C=O) groups excluding carboxylic acids is 3. The molecule has 6 rings (SSSR count). The van der Waals surface area contributed by atoms with Crippen molar-refractivity contribution in [3.05, 3.63) is 0 Å². The summed E-state index contributed by atoms with van der Waals surface area (Å²) < 4.78 is 17.5. The maximum absolute atomic E-state index is 12.2. The van der Waals surface area contributed by atoms with E-state index >= 15 is 0 Å². The molecule has 0 aromatic carbocycles. The number of ether oxygens (including phenoxy) is 3. The van der Waals surface area contributed by atoms with Gasteiger partial charge in [0.15, 0.2) is 0 Å². The van der Waals surface area contributed by atoms with E-state index in [2.05, 4.69) is 20.8 Å². The predicted octanol–water partition coefficient (Wildman–Crippen LogP) is 4.29. The van der Waals surface area contributed by atoms with Gasteiger partial charge in [0.2, 0.25) is 0 Å². The largest absolute Gasteiger partial charge is 0.465 e. The van der Waals surface area contributed by atoms with E-state index in [1.165, 1.54) is 27.2 Å². The molecule has 0 aliphatic heterocycles. The fourth-order valence-electron chi connectivity index (χ4n) is 9.84. The molecule has 4 bridgehead atoms. The molecule has 6 aliphatic rings. The summed E-state index contributed by atoms with van der Waals surface area (Å²) >= 11 is 0. The van der Waals surface area contributed by atoms with Crippen LogP contribution in [0.1, 0.15) is 80.1 Å². The molecule has 0 saturated heterocycles. The van der Waals surface area contributed by atoms with Crippen molar-refractivity contribution in [2.45, 2.75) is 92.3 Å². The number of fused-ring (bicyclic) bond motifs is 1. The summed E-state index contributed by atoms with van der Waals surface area (Å²) in [5.74, 6) is 1.43. The number of carbonyl (C=O) groups is 3. The maximum atomic E-state index is 12.2. The molecule has 0 aromatic rings. The normalized spacial score (nSPS) is 52.3. The Labute approximate surface area is 191 Å². The van der Waals surface area contributed by atoms with E-state index in [1.54, 1.807) is 0 Å². The number of esters is 3. The number of rotatable bonds is 4. The van der Waals surface area contributed by atoms with Crippen molar-refractivity contribution < 1.29 is 28.6 Å². The number of hydrogen-bond donors (Lipinski definition) is 0. The summed E-state index contributed by atoms with van der Waals surface area (Å²) in [5, 5.41) is 0. The Morgan fingerprint density at radius 2 is 1.47 bits per heavy atom. The average molecular weight is 447 g/mol. The van der Waals surface area contributed by atoms with E-state index < -0.39 is 0 Å². The topological polar surface area (TPSA) is 78.9 Å². The maximum Gasteiger partial charge on any atom is 0.302 e. The van der Waals surface area contributed by atoms with Crippen molar-refractivity contribution in [2.24, 2.45) is 45.3 Å². The van der Waals surface area contributed by atoms with Crippen molar-refractivity contribution in [3.63, 3.8) is 0 Å². The highest BCUT2D eigenvalue weighted by Gasteiger charge is 2.81. The van der Waals surface area contributed by atoms with Crippen LogP contribution in [0.2, 0.25) is 0 Å². The molecule has 6 heteroatoms. The molecule has 0 amide bonds. The van der Waals surface area contributed by atoms with E-state index in [9.17, 15) is 14.4 Å². The Bertz CT molecular complexity index is 868. The minimum Gasteiger partial charge on any atom is -0.465 e. The fraction of sp³-hybridized carbons (Fsp3) is 0.885. The van der Waals surface area contributed by atoms with Crippen molar-refractivity contribution in [1.82, 2.24) is 0 Å². The molecule has 0 radical (unpaired) electrons. The molecular formula is C26H38O6. The van der Waals surface area contributed by atoms with Gasteiger partial charge < -0.3 is 14.2 Å². The van der Waals surface area contributed by atoms with Crippen molar-refractivity contribution in [2.75, 3.05) is 6.61 Å². The molecular weight excluding hydrogens is 408 g/mol. The molecule has 0 aromatic heterocycles. The summed E-state index contributed by atoms with van der Waals surface area (Å²) in [6.07, 6.45) is 5.48. The molecule has 0 unspecified atom stereocenters. The molecule has 0 N–H and O–H groups in total. The SMILES string of the molecule is CC(=O)OC[C@@]1(C)C[C@H](OC(C)=O)C[C@]2(C)[C@@H]1C[C@H](OC(C)=O)[C@@]13C[C@@H]4[C@@H](C[C@@H]21)[C@]4(C)C3. The van der Waals surface area contributed by atoms with Crippen LogP contribution in [-0.4, -0.2) is 36.7 Å². The molecule has 0 heterocycles. The second kappa shape index (κ2) is 6.73. The van der Waals surface area contributed by atoms with Gasteiger partial charge in [-0.25, -0.2) is 0 Å². The highest BCUT2D eigenvalue weighted by atomic mass is 16.6. The monoisotopic (exact) mass is 446 g/mol. The van der Waals surface area contributed by atoms with E-state index in [0.717, 1.165) is 37.5 Å². The standard InChI is InChI=1S/C26H38O6/c1-14(27)30-13-23(4)9-17(31-15(2)28)10-24(5)20(23)8-22(32-16(3)29)26-11-19-18(7-21(24)26)25(19,6)12-26/h17-22H,7-13H2,1-6H3/t17-,18+,19+,20+,21-,22-,23+,24+,25-,26+/m0/s1. The highest BCUT2D eigenvalue weighted by Crippen LogP contribution is 2.85. The third-order valence-electron chi connectivity index (χ3n) is 10.7. The molecule has 6 nitrogen and oxygen atoms in total. The summed E-state index contributed by atoms with van der Waals surface area (Å²) in [4.78, 5) is 35.8. The van der Waals surface area contributed by atoms with E-state index in [4.69, 9.17) is 14.2 Å². The fourth-order valence-corrected chi connectivity index (χ4v) is 9.84. The van der Waals surface area contributed by atoms with Crippen molar-refractivity contribution in [1.29, 1.82) is 0 Å². The Hall–Kier alpha value is -1.59. The van der Waals surface area contributed by atoms with Gasteiger partial charge in [0.05, 0.1) is 6.61 Å². The van der Waals surface area contributed by atoms with Gasteiger partial charge in [0, 0.05) is 31.6 Å². The van der Waals surface area contributed by atoms with Crippen LogP contribution in [0.15, 0.2) is 0 Å². The molecule has 178 valence electrons. The molecule has 10 atom stereocenters. The second-order valence-electron chi connectivity index (χ2n) is 12.6. The van der Waals surface area contributed by atoms with Gasteiger partial charge in [-0.15, -0.1) is 0 Å². The minimum absolute atomic E-state index is 0.0194. The van der Waals surface area contributed by atoms with E-state index in [1.807, 2.05) is 0 Å². The van der Waals surface area contributed by atoms with Gasteiger partial charge in [-0.1, -0.05) is 20.8 Å². The summed E-state index contributed by atoms with van der Waals surface area (Å²) in [7, 11) is 0. The van der Waals surface area contributed by atoms with E-state index in [-0.39, 0.29) is 52.3 Å². The van der Waals surface area contributed by atoms with Crippen LogP contribution in [0.3, 0.4) is 0 Å². The predicted molar refractivity (Wildman–Crippen MR) is 116 cm³/mol. The van der Waals surface area contributed by atoms with Crippen LogP contribution < -0.4 is 0 Å². The lowest BCUT2D eigenvalue weighted by Crippen LogP contribution is -2.66. The first kappa shape index (κ1) is 22.2. The average Bonchev–Trinajstić information content (AvgIpc) is 3.11. The molecule has 1 spiro atoms. The smallest absolute Gasteiger partial charge is 0.302 e. The number of hydrogen-bond acceptors (Lipinski definition) is 6. The van der Waals surface area contributed by atoms with Crippen LogP contribution in [-0.2, 0) is 28.6 Å². The van der Waals surface area contributed by atoms with Crippen molar-refractivity contribution in [3.8, 4) is 0 Å². The van der Waals surface area contributed by atoms with Crippen LogP contribution in [0.4, 0.5) is 0 Å². The summed E-state index contributed by atoms with van der Waals surface area (Å²) in [6.45, 7) is 11.7. The summed E-state index contributed by atoms with van der Waals surface area (Å²) in [5.41, 5.74) is 0.0275. The van der Waals surface area contributed by atoms with Crippen molar-refractivity contribution >= 4 is 17.9 Å². The third-order valence-corrected chi connectivity index (χ3v) is 10.7. The van der Waals surface area contributed by atoms with Gasteiger partial charge in [0.1, 0.15) is 12.2 Å². The van der Waals surface area contributed by atoms with Crippen LogP contribution in [0.5, 0.6) is 0 Å². The van der Waals surface area contributed by atoms with Gasteiger partial charge in [-0.05, 0) is 73.0 Å². The highest BCUT2D eigenvalue weighted by molar-refractivity contribution is 5.67. The van der Waals surface area contributed by atoms with Gasteiger partial charge >= 0.3 is 17.9 Å². The molecule has 32 heavy (non-hydrogen) atoms. The zero-order valence-electron chi connectivity index (χ0n) is 20.4. The van der Waals surface area contributed by atoms with E-state index in [0.29, 0.717) is 24.4 Å². The zero-order chi connectivity index (χ0) is 23.3. The Morgan fingerprint density at radius 1 is 0.781 bits per heavy atom. The zero-order valence-corrected chi connectivity index (χ0v) is 20.4. The Kier molecular flexibility index (Phi) is 4.67. The molecule has 6 saturated carbocycles. The second-order valence-corrected chi connectivity index (χ2v) is 12.6. The summed E-state index contributed by atoms with van der Waals surface area (Å²) in [6, 6.07) is 0. The lowest BCUT2D eigenvalue weighted by Gasteiger charge is -2.67. The first-order valence-corrected chi connectivity index (χ1v) is 12.3. The van der Waals surface area contributed by atoms with Crippen LogP contribution in [0.25, 0.3) is 0 Å². The third kappa shape index (κ3) is 2.93. The van der Waals surface area contributed by atoms with Gasteiger partial charge in [0.25, 0.3) is 0 Å². The first-order valence-electron chi connectivity index (χ1n) is 12.3. The minimum atomic E-state index is -0.341. The van der Waals surface area contributed by atoms with Crippen LogP contribution in [0, 0.1) is 45.3 Å². The molecule has 6 aliphatic carbocycles. The Balaban J connectivity index is 1.56. The first-order chi connectivity index (χ1) is 14.8.